The Morgan fingerprint density at radius 1 is 1.14 bits per heavy atom. The van der Waals surface area contributed by atoms with Crippen molar-refractivity contribution >= 4 is 17.3 Å². The molecule has 0 bridgehead atoms. The number of nitrogens with zero attached hydrogens (tertiary/aromatic N) is 1. The van der Waals surface area contributed by atoms with Crippen molar-refractivity contribution in [3.8, 4) is 0 Å². The molecule has 0 heterocycles. The van der Waals surface area contributed by atoms with E-state index in [1.54, 1.807) is 12.1 Å². The van der Waals surface area contributed by atoms with Gasteiger partial charge in [0.05, 0.1) is 10.6 Å². The van der Waals surface area contributed by atoms with Crippen LogP contribution in [-0.2, 0) is 4.79 Å². The zero-order valence-corrected chi connectivity index (χ0v) is 12.9. The molecule has 0 saturated heterocycles. The van der Waals surface area contributed by atoms with Crippen LogP contribution >= 0.6 is 0 Å². The first-order valence-corrected chi connectivity index (χ1v) is 7.53. The van der Waals surface area contributed by atoms with Crippen LogP contribution in [0, 0.1) is 10.1 Å². The molecule has 120 valence electrons. The molecule has 2 N–H and O–H groups in total. The Morgan fingerprint density at radius 2 is 1.77 bits per heavy atom. The maximum atomic E-state index is 11.7. The Bertz CT molecular complexity index is 512. The van der Waals surface area contributed by atoms with Gasteiger partial charge in [-0.15, -0.1) is 0 Å². The minimum absolute atomic E-state index is 0.0210. The molecule has 1 aromatic carbocycles. The second-order valence-electron chi connectivity index (χ2n) is 5.12. The highest BCUT2D eigenvalue weighted by Crippen LogP contribution is 2.15. The normalized spacial score (nSPS) is 10.0. The number of nitro groups is 1. The van der Waals surface area contributed by atoms with Crippen molar-refractivity contribution in [3.05, 3.63) is 46.5 Å². The van der Waals surface area contributed by atoms with E-state index in [2.05, 4.69) is 24.4 Å². The largest absolute Gasteiger partial charge is 0.299 e. The highest BCUT2D eigenvalue weighted by atomic mass is 16.6. The summed E-state index contributed by atoms with van der Waals surface area (Å²) >= 11 is 0. The predicted octanol–water partition coefficient (Wildman–Crippen LogP) is 3.55. The van der Waals surface area contributed by atoms with E-state index in [-0.39, 0.29) is 11.6 Å². The van der Waals surface area contributed by atoms with Crippen LogP contribution in [0.3, 0.4) is 0 Å². The summed E-state index contributed by atoms with van der Waals surface area (Å²) in [6, 6.07) is 5.98. The lowest BCUT2D eigenvalue weighted by molar-refractivity contribution is -0.384. The first-order chi connectivity index (χ1) is 10.5. The second-order valence-corrected chi connectivity index (χ2v) is 5.12. The van der Waals surface area contributed by atoms with Crippen molar-refractivity contribution in [2.24, 2.45) is 0 Å². The predicted molar refractivity (Wildman–Crippen MR) is 86.8 cm³/mol. The van der Waals surface area contributed by atoms with Gasteiger partial charge in [-0.05, 0) is 24.1 Å². The zero-order chi connectivity index (χ0) is 16.4. The number of nitro benzene ring substituents is 1. The summed E-state index contributed by atoms with van der Waals surface area (Å²) in [6.45, 7) is 5.95. The van der Waals surface area contributed by atoms with Gasteiger partial charge in [0.2, 0.25) is 5.91 Å². The minimum Gasteiger partial charge on any atom is -0.299 e. The van der Waals surface area contributed by atoms with E-state index in [0.717, 1.165) is 19.3 Å². The molecule has 0 atom stereocenters. The van der Waals surface area contributed by atoms with Crippen molar-refractivity contribution in [1.29, 1.82) is 0 Å². The van der Waals surface area contributed by atoms with E-state index in [0.29, 0.717) is 17.7 Å². The summed E-state index contributed by atoms with van der Waals surface area (Å²) in [5.41, 5.74) is 6.53. The molecule has 0 aliphatic heterocycles. The van der Waals surface area contributed by atoms with Gasteiger partial charge in [-0.1, -0.05) is 39.2 Å². The van der Waals surface area contributed by atoms with Gasteiger partial charge in [-0.3, -0.25) is 25.8 Å². The van der Waals surface area contributed by atoms with E-state index in [9.17, 15) is 14.9 Å². The van der Waals surface area contributed by atoms with Gasteiger partial charge in [0.25, 0.3) is 5.69 Å². The quantitative estimate of drug-likeness (QED) is 0.393. The Morgan fingerprint density at radius 3 is 2.36 bits per heavy atom. The molecular formula is C16H23N3O3. The fraction of sp³-hybridized carbons (Fsp3) is 0.438. The smallest absolute Gasteiger partial charge is 0.269 e. The Kier molecular flexibility index (Phi) is 7.67. The van der Waals surface area contributed by atoms with Crippen LogP contribution in [0.5, 0.6) is 0 Å². The molecule has 1 amide bonds. The molecular weight excluding hydrogens is 282 g/mol. The fourth-order valence-electron chi connectivity index (χ4n) is 1.95. The van der Waals surface area contributed by atoms with Crippen molar-refractivity contribution in [2.75, 3.05) is 0 Å². The lowest BCUT2D eigenvalue weighted by Crippen LogP contribution is -2.35. The monoisotopic (exact) mass is 305 g/mol. The number of hydrazine groups is 1. The van der Waals surface area contributed by atoms with Gasteiger partial charge >= 0.3 is 0 Å². The summed E-state index contributed by atoms with van der Waals surface area (Å²) < 4.78 is 0. The van der Waals surface area contributed by atoms with E-state index < -0.39 is 4.92 Å². The molecule has 0 fully saturated rings. The topological polar surface area (TPSA) is 84.3 Å². The van der Waals surface area contributed by atoms with Crippen molar-refractivity contribution in [1.82, 2.24) is 10.9 Å². The molecule has 1 rings (SSSR count). The first-order valence-electron chi connectivity index (χ1n) is 7.53. The molecule has 0 aliphatic carbocycles. The van der Waals surface area contributed by atoms with Gasteiger partial charge in [0, 0.05) is 18.6 Å². The maximum Gasteiger partial charge on any atom is 0.269 e. The Hall–Kier alpha value is -2.37. The van der Waals surface area contributed by atoms with Crippen molar-refractivity contribution < 1.29 is 9.72 Å². The van der Waals surface area contributed by atoms with Gasteiger partial charge in [-0.25, -0.2) is 0 Å². The van der Waals surface area contributed by atoms with Crippen molar-refractivity contribution in [2.45, 2.75) is 45.4 Å². The number of amides is 1. The molecule has 0 radical (unpaired) electrons. The zero-order valence-electron chi connectivity index (χ0n) is 12.9. The molecule has 0 unspecified atom stereocenters. The summed E-state index contributed by atoms with van der Waals surface area (Å²) in [5, 5.41) is 10.6. The van der Waals surface area contributed by atoms with Crippen LogP contribution in [-0.4, -0.2) is 10.8 Å². The van der Waals surface area contributed by atoms with Crippen molar-refractivity contribution in [3.63, 3.8) is 0 Å². The van der Waals surface area contributed by atoms with Crippen LogP contribution in [0.15, 0.2) is 30.8 Å². The maximum absolute atomic E-state index is 11.7. The molecule has 6 nitrogen and oxygen atoms in total. The molecule has 0 aliphatic rings. The highest BCUT2D eigenvalue weighted by Gasteiger charge is 2.06. The average molecular weight is 305 g/mol. The molecule has 0 spiro atoms. The number of carbonyl (C=O) groups is 1. The van der Waals surface area contributed by atoms with Gasteiger partial charge in [-0.2, -0.15) is 0 Å². The van der Waals surface area contributed by atoms with Crippen LogP contribution in [0.4, 0.5) is 5.69 Å². The molecule has 6 heteroatoms. The van der Waals surface area contributed by atoms with Gasteiger partial charge in [0.15, 0.2) is 0 Å². The van der Waals surface area contributed by atoms with Crippen LogP contribution in [0.2, 0.25) is 0 Å². The molecule has 0 aromatic heterocycles. The lowest BCUT2D eigenvalue weighted by Gasteiger charge is -2.11. The number of hydrogen-bond acceptors (Lipinski definition) is 4. The standard InChI is InChI=1S/C16H23N3O3/c1-3-4-5-6-7-8-16(20)18-17-13(2)14-9-11-15(12-10-14)19(21)22/h9-12,17H,2-8H2,1H3,(H,18,20). The van der Waals surface area contributed by atoms with E-state index in [1.165, 1.54) is 25.0 Å². The Labute approximate surface area is 130 Å². The third-order valence-corrected chi connectivity index (χ3v) is 3.29. The summed E-state index contributed by atoms with van der Waals surface area (Å²) in [4.78, 5) is 21.8. The number of nitrogens with one attached hydrogen (secondary N) is 2. The fourth-order valence-corrected chi connectivity index (χ4v) is 1.95. The average Bonchev–Trinajstić information content (AvgIpc) is 2.52. The summed E-state index contributed by atoms with van der Waals surface area (Å²) in [6.07, 6.45) is 5.96. The summed E-state index contributed by atoms with van der Waals surface area (Å²) in [7, 11) is 0. The molecule has 22 heavy (non-hydrogen) atoms. The SMILES string of the molecule is C=C(NNC(=O)CCCCCCC)c1ccc([N+](=O)[O-])cc1. The summed E-state index contributed by atoms with van der Waals surface area (Å²) in [5.74, 6) is -0.0837. The molecule has 0 saturated carbocycles. The second kappa shape index (κ2) is 9.55. The third kappa shape index (κ3) is 6.39. The number of rotatable bonds is 10. The number of benzene rings is 1. The highest BCUT2D eigenvalue weighted by molar-refractivity contribution is 5.77. The number of unbranched alkanes of at least 4 members (excludes halogenated alkanes) is 4. The minimum atomic E-state index is -0.458. The Balaban J connectivity index is 2.30. The number of carbonyl (C=O) groups excluding carboxylic acids is 1. The first kappa shape index (κ1) is 17.7. The third-order valence-electron chi connectivity index (χ3n) is 3.29. The number of non-ortho nitro benzene ring substituents is 1. The van der Waals surface area contributed by atoms with Crippen LogP contribution in [0.1, 0.15) is 51.0 Å². The van der Waals surface area contributed by atoms with Gasteiger partial charge < -0.3 is 0 Å². The van der Waals surface area contributed by atoms with Gasteiger partial charge in [0.1, 0.15) is 0 Å². The lowest BCUT2D eigenvalue weighted by atomic mass is 10.1. The van der Waals surface area contributed by atoms with Crippen LogP contribution in [0.25, 0.3) is 5.70 Å². The van der Waals surface area contributed by atoms with E-state index >= 15 is 0 Å². The molecule has 1 aromatic rings. The van der Waals surface area contributed by atoms with E-state index in [4.69, 9.17) is 0 Å². The number of hydrogen-bond donors (Lipinski definition) is 2. The van der Waals surface area contributed by atoms with E-state index in [1.807, 2.05) is 0 Å². The van der Waals surface area contributed by atoms with Crippen LogP contribution < -0.4 is 10.9 Å².